The third-order valence-electron chi connectivity index (χ3n) is 2.75. The molecule has 0 N–H and O–H groups in total. The molecule has 2 aromatic rings. The highest BCUT2D eigenvalue weighted by Gasteiger charge is 2.26. The van der Waals surface area contributed by atoms with Crippen LogP contribution in [0, 0.1) is 23.0 Å². The number of nitrogens with zero attached hydrogens (tertiary/aromatic N) is 1. The normalized spacial score (nSPS) is 11.6. The van der Waals surface area contributed by atoms with Crippen LogP contribution < -0.4 is 0 Å². The van der Waals surface area contributed by atoms with Gasteiger partial charge in [-0.25, -0.2) is 8.78 Å². The van der Waals surface area contributed by atoms with Crippen LogP contribution in [0.4, 0.5) is 8.78 Å². The van der Waals surface area contributed by atoms with Crippen LogP contribution in [0.1, 0.15) is 21.8 Å². The Kier molecular flexibility index (Phi) is 3.67. The van der Waals surface area contributed by atoms with Crippen molar-refractivity contribution in [2.75, 3.05) is 0 Å². The van der Waals surface area contributed by atoms with Crippen molar-refractivity contribution >= 4 is 5.78 Å². The first-order valence-corrected chi connectivity index (χ1v) is 5.58. The number of ketones is 1. The standard InChI is InChI=1S/C15H9F2NO/c16-13-7-3-1-5-10(13)12(9-18)15(19)11-6-2-4-8-14(11)17/h1-8,12H. The fourth-order valence-electron chi connectivity index (χ4n) is 1.80. The van der Waals surface area contributed by atoms with E-state index in [-0.39, 0.29) is 11.1 Å². The third kappa shape index (κ3) is 2.50. The van der Waals surface area contributed by atoms with Gasteiger partial charge in [0.1, 0.15) is 17.6 Å². The fraction of sp³-hybridized carbons (Fsp3) is 0.0667. The van der Waals surface area contributed by atoms with E-state index >= 15 is 0 Å². The second-order valence-corrected chi connectivity index (χ2v) is 3.93. The molecule has 1 atom stereocenters. The predicted octanol–water partition coefficient (Wildman–Crippen LogP) is 3.45. The number of Topliss-reactive ketones (excluding diaryl/α,β-unsaturated/α-hetero) is 1. The van der Waals surface area contributed by atoms with Gasteiger partial charge in [-0.05, 0) is 18.2 Å². The van der Waals surface area contributed by atoms with E-state index in [0.29, 0.717) is 0 Å². The lowest BCUT2D eigenvalue weighted by Crippen LogP contribution is -2.14. The van der Waals surface area contributed by atoms with Crippen molar-refractivity contribution in [3.8, 4) is 6.07 Å². The van der Waals surface area contributed by atoms with Crippen LogP contribution in [-0.4, -0.2) is 5.78 Å². The van der Waals surface area contributed by atoms with Crippen molar-refractivity contribution in [1.82, 2.24) is 0 Å². The molecule has 0 amide bonds. The van der Waals surface area contributed by atoms with Crippen LogP contribution in [0.2, 0.25) is 0 Å². The number of benzene rings is 2. The highest BCUT2D eigenvalue weighted by Crippen LogP contribution is 2.24. The van der Waals surface area contributed by atoms with E-state index in [1.807, 2.05) is 0 Å². The summed E-state index contributed by atoms with van der Waals surface area (Å²) in [6.45, 7) is 0. The molecule has 2 aromatic carbocycles. The fourth-order valence-corrected chi connectivity index (χ4v) is 1.80. The average Bonchev–Trinajstić information content (AvgIpc) is 2.42. The van der Waals surface area contributed by atoms with E-state index in [4.69, 9.17) is 5.26 Å². The molecule has 0 aliphatic heterocycles. The molecular formula is C15H9F2NO. The maximum atomic E-state index is 13.6. The molecule has 0 saturated carbocycles. The highest BCUT2D eigenvalue weighted by atomic mass is 19.1. The van der Waals surface area contributed by atoms with Crippen molar-refractivity contribution < 1.29 is 13.6 Å². The van der Waals surface area contributed by atoms with E-state index in [2.05, 4.69) is 0 Å². The summed E-state index contributed by atoms with van der Waals surface area (Å²) in [5.74, 6) is -3.47. The zero-order chi connectivity index (χ0) is 13.8. The second-order valence-electron chi connectivity index (χ2n) is 3.93. The molecule has 0 radical (unpaired) electrons. The predicted molar refractivity (Wildman–Crippen MR) is 65.5 cm³/mol. The average molecular weight is 257 g/mol. The van der Waals surface area contributed by atoms with Crippen LogP contribution in [0.3, 0.4) is 0 Å². The van der Waals surface area contributed by atoms with Crippen molar-refractivity contribution in [2.45, 2.75) is 5.92 Å². The summed E-state index contributed by atoms with van der Waals surface area (Å²) in [4.78, 5) is 12.1. The van der Waals surface area contributed by atoms with Gasteiger partial charge >= 0.3 is 0 Å². The molecular weight excluding hydrogens is 248 g/mol. The molecule has 94 valence electrons. The zero-order valence-corrected chi connectivity index (χ0v) is 9.81. The Bertz CT molecular complexity index is 661. The number of halogens is 2. The maximum Gasteiger partial charge on any atom is 0.187 e. The molecule has 0 aliphatic rings. The molecule has 19 heavy (non-hydrogen) atoms. The first-order valence-electron chi connectivity index (χ1n) is 5.58. The number of hydrogen-bond donors (Lipinski definition) is 0. The lowest BCUT2D eigenvalue weighted by molar-refractivity contribution is 0.0973. The van der Waals surface area contributed by atoms with Gasteiger partial charge in [0.25, 0.3) is 0 Å². The Balaban J connectivity index is 2.45. The van der Waals surface area contributed by atoms with E-state index < -0.39 is 23.3 Å². The molecule has 1 unspecified atom stereocenters. The summed E-state index contributed by atoms with van der Waals surface area (Å²) in [6.07, 6.45) is 0. The first-order chi connectivity index (χ1) is 9.15. The number of nitriles is 1. The van der Waals surface area contributed by atoms with Crippen LogP contribution in [0.5, 0.6) is 0 Å². The second kappa shape index (κ2) is 5.40. The van der Waals surface area contributed by atoms with Gasteiger partial charge in [0.05, 0.1) is 11.6 Å². The maximum absolute atomic E-state index is 13.6. The molecule has 0 bridgehead atoms. The van der Waals surface area contributed by atoms with Gasteiger partial charge in [0.15, 0.2) is 5.78 Å². The molecule has 2 rings (SSSR count). The van der Waals surface area contributed by atoms with Gasteiger partial charge in [-0.15, -0.1) is 0 Å². The SMILES string of the molecule is N#CC(C(=O)c1ccccc1F)c1ccccc1F. The number of hydrogen-bond acceptors (Lipinski definition) is 2. The van der Waals surface area contributed by atoms with Crippen molar-refractivity contribution in [3.05, 3.63) is 71.3 Å². The summed E-state index contributed by atoms with van der Waals surface area (Å²) < 4.78 is 27.1. The summed E-state index contributed by atoms with van der Waals surface area (Å²) >= 11 is 0. The van der Waals surface area contributed by atoms with Gasteiger partial charge in [0, 0.05) is 5.56 Å². The van der Waals surface area contributed by atoms with E-state index in [0.717, 1.165) is 12.1 Å². The Morgan fingerprint density at radius 1 is 1.00 bits per heavy atom. The zero-order valence-electron chi connectivity index (χ0n) is 9.81. The summed E-state index contributed by atoms with van der Waals surface area (Å²) in [5.41, 5.74) is -0.254. The number of rotatable bonds is 3. The third-order valence-corrected chi connectivity index (χ3v) is 2.75. The largest absolute Gasteiger partial charge is 0.292 e. The van der Waals surface area contributed by atoms with Gasteiger partial charge in [-0.1, -0.05) is 30.3 Å². The van der Waals surface area contributed by atoms with Crippen molar-refractivity contribution in [2.24, 2.45) is 0 Å². The lowest BCUT2D eigenvalue weighted by atomic mass is 9.91. The van der Waals surface area contributed by atoms with Crippen molar-refractivity contribution in [3.63, 3.8) is 0 Å². The highest BCUT2D eigenvalue weighted by molar-refractivity contribution is 6.02. The smallest absolute Gasteiger partial charge is 0.187 e. The minimum atomic E-state index is -1.35. The molecule has 0 fully saturated rings. The van der Waals surface area contributed by atoms with Gasteiger partial charge < -0.3 is 0 Å². The Hall–Kier alpha value is -2.54. The molecule has 0 spiro atoms. The van der Waals surface area contributed by atoms with Crippen LogP contribution in [-0.2, 0) is 0 Å². The Morgan fingerprint density at radius 3 is 2.16 bits per heavy atom. The summed E-state index contributed by atoms with van der Waals surface area (Å²) in [7, 11) is 0. The lowest BCUT2D eigenvalue weighted by Gasteiger charge is -2.10. The van der Waals surface area contributed by atoms with Gasteiger partial charge in [-0.3, -0.25) is 4.79 Å². The minimum Gasteiger partial charge on any atom is -0.292 e. The van der Waals surface area contributed by atoms with Crippen LogP contribution in [0.15, 0.2) is 48.5 Å². The van der Waals surface area contributed by atoms with Crippen LogP contribution in [0.25, 0.3) is 0 Å². The molecule has 0 aromatic heterocycles. The van der Waals surface area contributed by atoms with E-state index in [1.165, 1.54) is 36.4 Å². The first kappa shape index (κ1) is 12.9. The van der Waals surface area contributed by atoms with E-state index in [1.54, 1.807) is 6.07 Å². The van der Waals surface area contributed by atoms with Gasteiger partial charge in [0.2, 0.25) is 0 Å². The molecule has 0 aliphatic carbocycles. The Labute approximate surface area is 108 Å². The van der Waals surface area contributed by atoms with Crippen molar-refractivity contribution in [1.29, 1.82) is 5.26 Å². The minimum absolute atomic E-state index is 0.0433. The van der Waals surface area contributed by atoms with Gasteiger partial charge in [-0.2, -0.15) is 5.26 Å². The number of carbonyl (C=O) groups excluding carboxylic acids is 1. The number of carbonyl (C=O) groups is 1. The Morgan fingerprint density at radius 2 is 1.58 bits per heavy atom. The topological polar surface area (TPSA) is 40.9 Å². The molecule has 0 saturated heterocycles. The quantitative estimate of drug-likeness (QED) is 0.790. The monoisotopic (exact) mass is 257 g/mol. The summed E-state index contributed by atoms with van der Waals surface area (Å²) in [6, 6.07) is 12.6. The molecule has 0 heterocycles. The van der Waals surface area contributed by atoms with E-state index in [9.17, 15) is 13.6 Å². The molecule has 2 nitrogen and oxygen atoms in total. The molecule has 4 heteroatoms. The summed E-state index contributed by atoms with van der Waals surface area (Å²) in [5, 5.41) is 9.07. The van der Waals surface area contributed by atoms with Crippen LogP contribution >= 0.6 is 0 Å².